The number of rotatable bonds is 4. The van der Waals surface area contributed by atoms with E-state index in [2.05, 4.69) is 0 Å². The molecule has 134 valence electrons. The number of nitrogens with zero attached hydrogens (tertiary/aromatic N) is 2. The number of methoxy groups -OCH3 is 1. The zero-order valence-electron chi connectivity index (χ0n) is 14.7. The van der Waals surface area contributed by atoms with E-state index < -0.39 is 0 Å². The van der Waals surface area contributed by atoms with E-state index in [1.165, 1.54) is 0 Å². The molecule has 2 saturated heterocycles. The van der Waals surface area contributed by atoms with Crippen molar-refractivity contribution in [3.63, 3.8) is 0 Å². The average Bonchev–Trinajstić information content (AvgIpc) is 2.98. The van der Waals surface area contributed by atoms with E-state index >= 15 is 0 Å². The maximum Gasteiger partial charge on any atom is 0.228 e. The van der Waals surface area contributed by atoms with Gasteiger partial charge in [0, 0.05) is 44.9 Å². The minimum Gasteiger partial charge on any atom is -0.497 e. The summed E-state index contributed by atoms with van der Waals surface area (Å²) >= 11 is 0. The van der Waals surface area contributed by atoms with Crippen LogP contribution in [0.2, 0.25) is 0 Å². The quantitative estimate of drug-likeness (QED) is 0.830. The van der Waals surface area contributed by atoms with Crippen molar-refractivity contribution in [3.05, 3.63) is 29.8 Å². The molecule has 0 spiro atoms. The van der Waals surface area contributed by atoms with Crippen molar-refractivity contribution in [1.82, 2.24) is 9.80 Å². The van der Waals surface area contributed by atoms with Gasteiger partial charge in [0.1, 0.15) is 11.5 Å². The fourth-order valence-electron chi connectivity index (χ4n) is 3.52. The Bertz CT molecular complexity index is 671. The smallest absolute Gasteiger partial charge is 0.228 e. The van der Waals surface area contributed by atoms with Gasteiger partial charge >= 0.3 is 0 Å². The summed E-state index contributed by atoms with van der Waals surface area (Å²) in [6.07, 6.45) is 0.678. The Kier molecular flexibility index (Phi) is 5.06. The molecule has 1 aromatic rings. The molecule has 2 fully saturated rings. The van der Waals surface area contributed by atoms with Crippen LogP contribution in [0, 0.1) is 11.8 Å². The number of ether oxygens (including phenoxy) is 1. The Balaban J connectivity index is 1.59. The fraction of sp³-hybridized carbons (Fsp3) is 0.526. The van der Waals surface area contributed by atoms with E-state index in [9.17, 15) is 14.4 Å². The zero-order chi connectivity index (χ0) is 18.0. The first-order valence-electron chi connectivity index (χ1n) is 8.70. The van der Waals surface area contributed by atoms with Gasteiger partial charge in [0.25, 0.3) is 0 Å². The minimum absolute atomic E-state index is 0.00457. The number of piperidine rings is 1. The van der Waals surface area contributed by atoms with Crippen molar-refractivity contribution in [1.29, 1.82) is 0 Å². The topological polar surface area (TPSA) is 66.9 Å². The SMILES string of the molecule is COc1ccc(CN2C[C@@H](C(=O)N3CCC(=O)[C@@H](C)C3)CC2=O)cc1. The monoisotopic (exact) mass is 344 g/mol. The first-order valence-corrected chi connectivity index (χ1v) is 8.70. The molecule has 0 N–H and O–H groups in total. The lowest BCUT2D eigenvalue weighted by Crippen LogP contribution is -2.46. The second-order valence-corrected chi connectivity index (χ2v) is 6.92. The Hall–Kier alpha value is -2.37. The number of benzene rings is 1. The standard InChI is InChI=1S/C19H24N2O4/c1-13-10-20(8-7-17(13)22)19(24)15-9-18(23)21(12-15)11-14-3-5-16(25-2)6-4-14/h3-6,13,15H,7-12H2,1-2H3/t13-,15-/m0/s1. The van der Waals surface area contributed by atoms with Gasteiger partial charge in [-0.25, -0.2) is 0 Å². The number of Topliss-reactive ketones (excluding diaryl/α,β-unsaturated/α-hetero) is 1. The van der Waals surface area contributed by atoms with Gasteiger partial charge in [0.05, 0.1) is 13.0 Å². The van der Waals surface area contributed by atoms with Crippen molar-refractivity contribution in [3.8, 4) is 5.75 Å². The van der Waals surface area contributed by atoms with E-state index in [0.717, 1.165) is 11.3 Å². The summed E-state index contributed by atoms with van der Waals surface area (Å²) in [6.45, 7) is 3.76. The molecular weight excluding hydrogens is 320 g/mol. The van der Waals surface area contributed by atoms with Crippen LogP contribution in [0.25, 0.3) is 0 Å². The molecule has 6 heteroatoms. The number of hydrogen-bond acceptors (Lipinski definition) is 4. The van der Waals surface area contributed by atoms with Crippen molar-refractivity contribution < 1.29 is 19.1 Å². The second-order valence-electron chi connectivity index (χ2n) is 6.92. The van der Waals surface area contributed by atoms with E-state index in [-0.39, 0.29) is 35.9 Å². The summed E-state index contributed by atoms with van der Waals surface area (Å²) < 4.78 is 5.14. The lowest BCUT2D eigenvalue weighted by atomic mass is 9.96. The molecule has 0 aliphatic carbocycles. The molecule has 2 heterocycles. The van der Waals surface area contributed by atoms with Crippen LogP contribution < -0.4 is 4.74 Å². The van der Waals surface area contributed by atoms with Gasteiger partial charge in [-0.3, -0.25) is 14.4 Å². The molecule has 2 amide bonds. The molecule has 6 nitrogen and oxygen atoms in total. The highest BCUT2D eigenvalue weighted by atomic mass is 16.5. The van der Waals surface area contributed by atoms with Gasteiger partial charge in [-0.1, -0.05) is 19.1 Å². The molecule has 2 aliphatic heterocycles. The van der Waals surface area contributed by atoms with Crippen LogP contribution in [0.1, 0.15) is 25.3 Å². The van der Waals surface area contributed by atoms with E-state index in [1.54, 1.807) is 16.9 Å². The summed E-state index contributed by atoms with van der Waals surface area (Å²) in [7, 11) is 1.62. The molecule has 1 aromatic carbocycles. The largest absolute Gasteiger partial charge is 0.497 e. The van der Waals surface area contributed by atoms with Gasteiger partial charge in [-0.05, 0) is 17.7 Å². The van der Waals surface area contributed by atoms with Crippen LogP contribution in [-0.4, -0.2) is 54.1 Å². The molecule has 0 bridgehead atoms. The predicted octanol–water partition coefficient (Wildman–Crippen LogP) is 1.48. The van der Waals surface area contributed by atoms with Gasteiger partial charge < -0.3 is 14.5 Å². The van der Waals surface area contributed by atoms with Crippen molar-refractivity contribution in [2.75, 3.05) is 26.7 Å². The van der Waals surface area contributed by atoms with Gasteiger partial charge in [-0.2, -0.15) is 0 Å². The molecule has 2 atom stereocenters. The Morgan fingerprint density at radius 3 is 2.56 bits per heavy atom. The molecule has 0 unspecified atom stereocenters. The van der Waals surface area contributed by atoms with Crippen LogP contribution >= 0.6 is 0 Å². The number of ketones is 1. The highest BCUT2D eigenvalue weighted by Crippen LogP contribution is 2.24. The van der Waals surface area contributed by atoms with Crippen LogP contribution in [0.5, 0.6) is 5.75 Å². The first-order chi connectivity index (χ1) is 12.0. The van der Waals surface area contributed by atoms with Crippen LogP contribution in [0.3, 0.4) is 0 Å². The van der Waals surface area contributed by atoms with Gasteiger partial charge in [0.15, 0.2) is 0 Å². The predicted molar refractivity (Wildman–Crippen MR) is 91.9 cm³/mol. The molecule has 0 aromatic heterocycles. The van der Waals surface area contributed by atoms with E-state index in [0.29, 0.717) is 32.6 Å². The van der Waals surface area contributed by atoms with Gasteiger partial charge in [0.2, 0.25) is 11.8 Å². The summed E-state index contributed by atoms with van der Waals surface area (Å²) in [4.78, 5) is 40.1. The van der Waals surface area contributed by atoms with Crippen molar-refractivity contribution in [2.45, 2.75) is 26.3 Å². The number of likely N-dealkylation sites (tertiary alicyclic amines) is 2. The fourth-order valence-corrected chi connectivity index (χ4v) is 3.52. The maximum atomic E-state index is 12.7. The summed E-state index contributed by atoms with van der Waals surface area (Å²) in [5.41, 5.74) is 1.01. The highest BCUT2D eigenvalue weighted by Gasteiger charge is 2.38. The molecule has 0 saturated carbocycles. The average molecular weight is 344 g/mol. The highest BCUT2D eigenvalue weighted by molar-refractivity contribution is 5.91. The third-order valence-corrected chi connectivity index (χ3v) is 5.08. The number of carbonyl (C=O) groups is 3. The summed E-state index contributed by atoms with van der Waals surface area (Å²) in [6, 6.07) is 7.59. The van der Waals surface area contributed by atoms with E-state index in [4.69, 9.17) is 4.74 Å². The maximum absolute atomic E-state index is 12.7. The number of carbonyl (C=O) groups excluding carboxylic acids is 3. The van der Waals surface area contributed by atoms with E-state index in [1.807, 2.05) is 31.2 Å². The zero-order valence-corrected chi connectivity index (χ0v) is 14.7. The Labute approximate surface area is 147 Å². The third kappa shape index (κ3) is 3.83. The molecule has 3 rings (SSSR count). The van der Waals surface area contributed by atoms with Gasteiger partial charge in [-0.15, -0.1) is 0 Å². The summed E-state index contributed by atoms with van der Waals surface area (Å²) in [5.74, 6) is 0.600. The summed E-state index contributed by atoms with van der Waals surface area (Å²) in [5, 5.41) is 0. The molecular formula is C19H24N2O4. The number of hydrogen-bond donors (Lipinski definition) is 0. The lowest BCUT2D eigenvalue weighted by Gasteiger charge is -2.31. The number of amides is 2. The normalized spacial score (nSPS) is 23.9. The van der Waals surface area contributed by atoms with Crippen LogP contribution in [0.4, 0.5) is 0 Å². The van der Waals surface area contributed by atoms with Crippen molar-refractivity contribution in [2.24, 2.45) is 11.8 Å². The van der Waals surface area contributed by atoms with Crippen molar-refractivity contribution >= 4 is 17.6 Å². The molecule has 0 radical (unpaired) electrons. The van der Waals surface area contributed by atoms with Crippen LogP contribution in [-0.2, 0) is 20.9 Å². The minimum atomic E-state index is -0.300. The molecule has 25 heavy (non-hydrogen) atoms. The third-order valence-electron chi connectivity index (χ3n) is 5.08. The Morgan fingerprint density at radius 2 is 1.92 bits per heavy atom. The lowest BCUT2D eigenvalue weighted by molar-refractivity contribution is -0.140. The van der Waals surface area contributed by atoms with Crippen LogP contribution in [0.15, 0.2) is 24.3 Å². The second kappa shape index (κ2) is 7.25. The molecule has 2 aliphatic rings. The Morgan fingerprint density at radius 1 is 1.20 bits per heavy atom. The first kappa shape index (κ1) is 17.5.